The van der Waals surface area contributed by atoms with Gasteiger partial charge in [-0.05, 0) is 29.7 Å². The molecule has 146 valence electrons. The van der Waals surface area contributed by atoms with Crippen molar-refractivity contribution in [1.82, 2.24) is 0 Å². The molecular weight excluding hydrogens is 362 g/mol. The van der Waals surface area contributed by atoms with Crippen molar-refractivity contribution in [3.8, 4) is 0 Å². The first-order chi connectivity index (χ1) is 14.0. The van der Waals surface area contributed by atoms with E-state index in [1.165, 1.54) is 0 Å². The topological polar surface area (TPSA) is 57.6 Å². The van der Waals surface area contributed by atoms with Gasteiger partial charge in [-0.2, -0.15) is 0 Å². The minimum absolute atomic E-state index is 0.167. The highest BCUT2D eigenvalue weighted by Crippen LogP contribution is 2.43. The molecule has 1 heterocycles. The minimum Gasteiger partial charge on any atom is -0.375 e. The summed E-state index contributed by atoms with van der Waals surface area (Å²) in [4.78, 5) is 27.6. The summed E-state index contributed by atoms with van der Waals surface area (Å²) < 4.78 is 0. The van der Waals surface area contributed by atoms with Gasteiger partial charge in [-0.3, -0.25) is 9.59 Å². The van der Waals surface area contributed by atoms with E-state index < -0.39 is 11.5 Å². The molecule has 0 bridgehead atoms. The van der Waals surface area contributed by atoms with E-state index in [0.717, 1.165) is 16.7 Å². The van der Waals surface area contributed by atoms with Gasteiger partial charge < -0.3 is 10.0 Å². The summed E-state index contributed by atoms with van der Waals surface area (Å²) in [5, 5.41) is 11.4. The van der Waals surface area contributed by atoms with Crippen molar-refractivity contribution in [1.29, 1.82) is 0 Å². The number of benzene rings is 3. The van der Waals surface area contributed by atoms with Gasteiger partial charge in [0.1, 0.15) is 5.78 Å². The highest BCUT2D eigenvalue weighted by molar-refractivity contribution is 6.08. The zero-order valence-corrected chi connectivity index (χ0v) is 16.3. The van der Waals surface area contributed by atoms with Gasteiger partial charge in [0.05, 0.1) is 12.2 Å². The normalized spacial score (nSPS) is 18.0. The summed E-state index contributed by atoms with van der Waals surface area (Å²) in [7, 11) is 0. The number of carbonyl (C=O) groups excluding carboxylic acids is 2. The average Bonchev–Trinajstić information content (AvgIpc) is 2.92. The number of carbonyl (C=O) groups is 2. The van der Waals surface area contributed by atoms with Gasteiger partial charge in [-0.15, -0.1) is 0 Å². The largest absolute Gasteiger partial charge is 0.375 e. The van der Waals surface area contributed by atoms with Crippen LogP contribution in [-0.4, -0.2) is 16.8 Å². The van der Waals surface area contributed by atoms with E-state index in [4.69, 9.17) is 0 Å². The predicted octanol–water partition coefficient (Wildman–Crippen LogP) is 3.93. The van der Waals surface area contributed by atoms with E-state index in [9.17, 15) is 14.7 Å². The molecule has 0 radical (unpaired) electrons. The standard InChI is InChI=1S/C25H23NO3/c1-18-9-5-6-12-20(18)17-26-23-14-8-7-13-22(23)25(29,24(26)28)16-21(27)15-19-10-3-2-4-11-19/h2-14,29H,15-17H2,1H3. The SMILES string of the molecule is Cc1ccccc1CN1C(=O)C(O)(CC(=O)Cc2ccccc2)c2ccccc21. The lowest BCUT2D eigenvalue weighted by Gasteiger charge is -2.23. The molecule has 4 rings (SSSR count). The molecule has 29 heavy (non-hydrogen) atoms. The molecule has 0 aliphatic carbocycles. The third-order valence-electron chi connectivity index (χ3n) is 5.53. The van der Waals surface area contributed by atoms with Crippen LogP contribution in [0.15, 0.2) is 78.9 Å². The lowest BCUT2D eigenvalue weighted by Crippen LogP contribution is -2.41. The Morgan fingerprint density at radius 1 is 0.931 bits per heavy atom. The first-order valence-electron chi connectivity index (χ1n) is 9.73. The molecule has 3 aromatic rings. The smallest absolute Gasteiger partial charge is 0.264 e. The van der Waals surface area contributed by atoms with Crippen LogP contribution in [0.5, 0.6) is 0 Å². The van der Waals surface area contributed by atoms with Crippen LogP contribution >= 0.6 is 0 Å². The van der Waals surface area contributed by atoms with Crippen LogP contribution in [-0.2, 0) is 28.2 Å². The van der Waals surface area contributed by atoms with E-state index in [2.05, 4.69) is 0 Å². The van der Waals surface area contributed by atoms with Gasteiger partial charge in [0.15, 0.2) is 5.60 Å². The van der Waals surface area contributed by atoms with Crippen molar-refractivity contribution in [2.45, 2.75) is 31.9 Å². The maximum atomic E-state index is 13.3. The first kappa shape index (κ1) is 19.1. The highest BCUT2D eigenvalue weighted by atomic mass is 16.3. The number of rotatable bonds is 6. The van der Waals surface area contributed by atoms with Crippen LogP contribution in [0.1, 0.15) is 28.7 Å². The van der Waals surface area contributed by atoms with Crippen molar-refractivity contribution in [3.63, 3.8) is 0 Å². The monoisotopic (exact) mass is 385 g/mol. The molecule has 1 atom stereocenters. The third kappa shape index (κ3) is 3.59. The van der Waals surface area contributed by atoms with Crippen LogP contribution < -0.4 is 4.90 Å². The first-order valence-corrected chi connectivity index (χ1v) is 9.73. The highest BCUT2D eigenvalue weighted by Gasteiger charge is 2.50. The number of anilines is 1. The summed E-state index contributed by atoms with van der Waals surface area (Å²) in [5.41, 5.74) is 2.29. The van der Waals surface area contributed by atoms with Crippen molar-refractivity contribution >= 4 is 17.4 Å². The fourth-order valence-electron chi connectivity index (χ4n) is 3.96. The lowest BCUT2D eigenvalue weighted by molar-refractivity contribution is -0.141. The molecule has 1 aliphatic rings. The molecule has 1 unspecified atom stereocenters. The number of ketones is 1. The molecule has 1 N–H and O–H groups in total. The van der Waals surface area contributed by atoms with Crippen LogP contribution in [0.3, 0.4) is 0 Å². The molecule has 4 nitrogen and oxygen atoms in total. The van der Waals surface area contributed by atoms with E-state index in [-0.39, 0.29) is 18.6 Å². The van der Waals surface area contributed by atoms with Gasteiger partial charge in [0.2, 0.25) is 0 Å². The maximum Gasteiger partial charge on any atom is 0.264 e. The number of fused-ring (bicyclic) bond motifs is 1. The predicted molar refractivity (Wildman–Crippen MR) is 112 cm³/mol. The molecular formula is C25H23NO3. The maximum absolute atomic E-state index is 13.3. The summed E-state index contributed by atoms with van der Waals surface area (Å²) in [5.74, 6) is -0.608. The lowest BCUT2D eigenvalue weighted by atomic mass is 9.88. The Morgan fingerprint density at radius 2 is 1.59 bits per heavy atom. The Labute approximate surface area is 170 Å². The number of hydrogen-bond donors (Lipinski definition) is 1. The molecule has 0 aromatic heterocycles. The summed E-state index contributed by atoms with van der Waals surface area (Å²) in [6.07, 6.45) is -0.0433. The van der Waals surface area contributed by atoms with Gasteiger partial charge in [0, 0.05) is 18.4 Å². The second kappa shape index (κ2) is 7.64. The Kier molecular flexibility index (Phi) is 5.03. The van der Waals surface area contributed by atoms with Gasteiger partial charge in [-0.1, -0.05) is 72.8 Å². The van der Waals surface area contributed by atoms with Crippen molar-refractivity contribution in [3.05, 3.63) is 101 Å². The van der Waals surface area contributed by atoms with Gasteiger partial charge in [-0.25, -0.2) is 0 Å². The van der Waals surface area contributed by atoms with Crippen molar-refractivity contribution in [2.24, 2.45) is 0 Å². The summed E-state index contributed by atoms with van der Waals surface area (Å²) in [6, 6.07) is 24.4. The van der Waals surface area contributed by atoms with E-state index in [0.29, 0.717) is 17.8 Å². The summed E-state index contributed by atoms with van der Waals surface area (Å²) in [6.45, 7) is 2.36. The molecule has 4 heteroatoms. The molecule has 0 saturated heterocycles. The molecule has 1 aliphatic heterocycles. The van der Waals surface area contributed by atoms with Gasteiger partial charge in [0.25, 0.3) is 5.91 Å². The molecule has 1 amide bonds. The Hall–Kier alpha value is -3.24. The Morgan fingerprint density at radius 3 is 2.34 bits per heavy atom. The number of hydrogen-bond acceptors (Lipinski definition) is 3. The quantitative estimate of drug-likeness (QED) is 0.699. The number of nitrogens with zero attached hydrogens (tertiary/aromatic N) is 1. The van der Waals surface area contributed by atoms with E-state index in [1.807, 2.05) is 73.7 Å². The fourth-order valence-corrected chi connectivity index (χ4v) is 3.96. The van der Waals surface area contributed by atoms with E-state index in [1.54, 1.807) is 17.0 Å². The van der Waals surface area contributed by atoms with Crippen LogP contribution in [0.4, 0.5) is 5.69 Å². The fraction of sp³-hybridized carbons (Fsp3) is 0.200. The molecule has 3 aromatic carbocycles. The number of Topliss-reactive ketones (excluding diaryl/α,β-unsaturated/α-hetero) is 1. The van der Waals surface area contributed by atoms with Gasteiger partial charge >= 0.3 is 0 Å². The average molecular weight is 385 g/mol. The Bertz CT molecular complexity index is 1060. The summed E-state index contributed by atoms with van der Waals surface area (Å²) >= 11 is 0. The second-order valence-corrected chi connectivity index (χ2v) is 7.57. The number of aryl methyl sites for hydroxylation is 1. The Balaban J connectivity index is 1.63. The molecule has 0 spiro atoms. The third-order valence-corrected chi connectivity index (χ3v) is 5.53. The zero-order chi connectivity index (χ0) is 20.4. The number of aliphatic hydroxyl groups is 1. The zero-order valence-electron chi connectivity index (χ0n) is 16.3. The van der Waals surface area contributed by atoms with Crippen LogP contribution in [0.25, 0.3) is 0 Å². The molecule has 0 saturated carbocycles. The van der Waals surface area contributed by atoms with E-state index >= 15 is 0 Å². The van der Waals surface area contributed by atoms with Crippen molar-refractivity contribution < 1.29 is 14.7 Å². The molecule has 0 fully saturated rings. The number of amides is 1. The minimum atomic E-state index is -1.83. The number of para-hydroxylation sites is 1. The second-order valence-electron chi connectivity index (χ2n) is 7.57. The van der Waals surface area contributed by atoms with Crippen LogP contribution in [0, 0.1) is 6.92 Å². The van der Waals surface area contributed by atoms with Crippen LogP contribution in [0.2, 0.25) is 0 Å². The van der Waals surface area contributed by atoms with Crippen molar-refractivity contribution in [2.75, 3.05) is 4.90 Å².